The third kappa shape index (κ3) is 9.49. The Morgan fingerprint density at radius 2 is 2.11 bits per heavy atom. The standard InChI is InChI=1S/C5H9NO2.C3H9O6P/c7-5(8)4-2-1-3-6-4;4-1-3(5)2-9-10(6,7)8/h4,6H,1-3H2,(H,7,8);3-5H,1-2H2,(H2,6,7,8)/t4-;/m0./s1. The van der Waals surface area contributed by atoms with Gasteiger partial charge in [0.05, 0.1) is 13.2 Å². The van der Waals surface area contributed by atoms with Gasteiger partial charge in [-0.05, 0) is 19.4 Å². The van der Waals surface area contributed by atoms with Crippen LogP contribution in [0.3, 0.4) is 0 Å². The van der Waals surface area contributed by atoms with Crippen molar-refractivity contribution in [2.24, 2.45) is 0 Å². The SMILES string of the molecule is O=C(O)[C@@H]1CCCN1.O=P(O)(O)OCC(O)CO. The quantitative estimate of drug-likeness (QED) is 0.323. The van der Waals surface area contributed by atoms with E-state index in [4.69, 9.17) is 25.1 Å². The summed E-state index contributed by atoms with van der Waals surface area (Å²) in [5.74, 6) is -0.720. The van der Waals surface area contributed by atoms with Gasteiger partial charge < -0.3 is 30.4 Å². The van der Waals surface area contributed by atoms with Gasteiger partial charge in [-0.3, -0.25) is 9.32 Å². The van der Waals surface area contributed by atoms with Crippen molar-refractivity contribution in [3.63, 3.8) is 0 Å². The Morgan fingerprint density at radius 3 is 2.39 bits per heavy atom. The minimum atomic E-state index is -4.50. The van der Waals surface area contributed by atoms with Crippen molar-refractivity contribution in [1.82, 2.24) is 5.32 Å². The van der Waals surface area contributed by atoms with Crippen LogP contribution in [0.1, 0.15) is 12.8 Å². The smallest absolute Gasteiger partial charge is 0.469 e. The number of phosphoric ester groups is 1. The maximum atomic E-state index is 10.1. The molecule has 0 aliphatic carbocycles. The van der Waals surface area contributed by atoms with E-state index in [-0.39, 0.29) is 6.04 Å². The van der Waals surface area contributed by atoms with Crippen LogP contribution in [0.2, 0.25) is 0 Å². The summed E-state index contributed by atoms with van der Waals surface area (Å²) in [6.45, 7) is -0.294. The molecule has 1 aliphatic rings. The fourth-order valence-electron chi connectivity index (χ4n) is 1.13. The molecule has 6 N–H and O–H groups in total. The maximum absolute atomic E-state index is 10.1. The fraction of sp³-hybridized carbons (Fsp3) is 0.875. The van der Waals surface area contributed by atoms with E-state index in [1.54, 1.807) is 0 Å². The van der Waals surface area contributed by atoms with E-state index >= 15 is 0 Å². The first-order valence-corrected chi connectivity index (χ1v) is 6.74. The molecule has 108 valence electrons. The highest BCUT2D eigenvalue weighted by Crippen LogP contribution is 2.35. The van der Waals surface area contributed by atoms with Gasteiger partial charge in [0.2, 0.25) is 0 Å². The van der Waals surface area contributed by atoms with Gasteiger partial charge in [0.1, 0.15) is 12.1 Å². The molecule has 2 atom stereocenters. The van der Waals surface area contributed by atoms with Gasteiger partial charge in [-0.15, -0.1) is 0 Å². The lowest BCUT2D eigenvalue weighted by Crippen LogP contribution is -2.29. The molecule has 0 bridgehead atoms. The number of carbonyl (C=O) groups is 1. The van der Waals surface area contributed by atoms with Crippen molar-refractivity contribution >= 4 is 13.8 Å². The molecule has 0 aromatic rings. The van der Waals surface area contributed by atoms with Crippen LogP contribution in [0.5, 0.6) is 0 Å². The molecule has 10 heteroatoms. The molecule has 1 fully saturated rings. The van der Waals surface area contributed by atoms with E-state index in [0.29, 0.717) is 0 Å². The van der Waals surface area contributed by atoms with Crippen LogP contribution in [0.4, 0.5) is 0 Å². The van der Waals surface area contributed by atoms with Crippen LogP contribution in [0.15, 0.2) is 0 Å². The second-order valence-electron chi connectivity index (χ2n) is 3.61. The first kappa shape index (κ1) is 17.5. The molecule has 1 rings (SSSR count). The number of carboxylic acid groups (broad SMARTS) is 1. The minimum Gasteiger partial charge on any atom is -0.480 e. The molecule has 1 saturated heterocycles. The summed E-state index contributed by atoms with van der Waals surface area (Å²) >= 11 is 0. The Kier molecular flexibility index (Phi) is 8.29. The highest BCUT2D eigenvalue weighted by Gasteiger charge is 2.20. The number of hydrogen-bond donors (Lipinski definition) is 6. The number of hydrogen-bond acceptors (Lipinski definition) is 6. The molecule has 1 heterocycles. The van der Waals surface area contributed by atoms with Gasteiger partial charge in [0.25, 0.3) is 0 Å². The van der Waals surface area contributed by atoms with E-state index in [0.717, 1.165) is 19.4 Å². The Balaban J connectivity index is 0.000000327. The zero-order valence-corrected chi connectivity index (χ0v) is 10.5. The highest BCUT2D eigenvalue weighted by atomic mass is 31.2. The predicted molar refractivity (Wildman–Crippen MR) is 59.7 cm³/mol. The Hall–Kier alpha value is -0.540. The number of carboxylic acids is 1. The summed E-state index contributed by atoms with van der Waals surface area (Å²) in [5.41, 5.74) is 0. The summed E-state index contributed by atoms with van der Waals surface area (Å²) in [5, 5.41) is 27.9. The number of aliphatic hydroxyl groups is 2. The summed E-state index contributed by atoms with van der Waals surface area (Å²) in [7, 11) is -4.50. The molecule has 0 spiro atoms. The van der Waals surface area contributed by atoms with Gasteiger partial charge in [0, 0.05) is 0 Å². The zero-order chi connectivity index (χ0) is 14.2. The van der Waals surface area contributed by atoms with Crippen molar-refractivity contribution in [1.29, 1.82) is 0 Å². The lowest BCUT2D eigenvalue weighted by molar-refractivity contribution is -0.139. The Labute approximate surface area is 104 Å². The van der Waals surface area contributed by atoms with Crippen molar-refractivity contribution < 1.29 is 39.0 Å². The van der Waals surface area contributed by atoms with E-state index in [2.05, 4.69) is 9.84 Å². The second-order valence-corrected chi connectivity index (χ2v) is 4.85. The van der Waals surface area contributed by atoms with E-state index in [9.17, 15) is 9.36 Å². The average Bonchev–Trinajstić information content (AvgIpc) is 2.79. The average molecular weight is 287 g/mol. The normalized spacial score (nSPS) is 21.0. The third-order valence-electron chi connectivity index (χ3n) is 2.00. The van der Waals surface area contributed by atoms with Crippen molar-refractivity contribution in [2.75, 3.05) is 19.8 Å². The van der Waals surface area contributed by atoms with Crippen molar-refractivity contribution in [3.05, 3.63) is 0 Å². The van der Waals surface area contributed by atoms with Crippen molar-refractivity contribution in [3.8, 4) is 0 Å². The highest BCUT2D eigenvalue weighted by molar-refractivity contribution is 7.46. The molecular weight excluding hydrogens is 269 g/mol. The summed E-state index contributed by atoms with van der Waals surface area (Å²) in [6, 6.07) is -0.269. The van der Waals surface area contributed by atoms with Crippen LogP contribution in [-0.2, 0) is 13.9 Å². The predicted octanol–water partition coefficient (Wildman–Crippen LogP) is -1.73. The molecule has 9 nitrogen and oxygen atoms in total. The number of rotatable bonds is 5. The molecule has 0 radical (unpaired) electrons. The Bertz CT molecular complexity index is 287. The summed E-state index contributed by atoms with van der Waals surface area (Å²) in [6.07, 6.45) is 0.541. The second kappa shape index (κ2) is 8.54. The maximum Gasteiger partial charge on any atom is 0.469 e. The lowest BCUT2D eigenvalue weighted by Gasteiger charge is -2.07. The summed E-state index contributed by atoms with van der Waals surface area (Å²) in [4.78, 5) is 26.3. The van der Waals surface area contributed by atoms with Gasteiger partial charge in [-0.25, -0.2) is 4.57 Å². The molecule has 1 unspecified atom stereocenters. The topological polar surface area (TPSA) is 157 Å². The number of phosphoric acid groups is 1. The van der Waals surface area contributed by atoms with E-state index < -0.39 is 33.1 Å². The van der Waals surface area contributed by atoms with Crippen LogP contribution in [0.25, 0.3) is 0 Å². The largest absolute Gasteiger partial charge is 0.480 e. The van der Waals surface area contributed by atoms with Gasteiger partial charge in [-0.1, -0.05) is 0 Å². The van der Waals surface area contributed by atoms with Gasteiger partial charge in [-0.2, -0.15) is 0 Å². The molecule has 1 aliphatic heterocycles. The first-order chi connectivity index (χ1) is 8.26. The van der Waals surface area contributed by atoms with Crippen LogP contribution < -0.4 is 5.32 Å². The van der Waals surface area contributed by atoms with Crippen LogP contribution >= 0.6 is 7.82 Å². The van der Waals surface area contributed by atoms with Gasteiger partial charge >= 0.3 is 13.8 Å². The molecule has 0 saturated carbocycles. The van der Waals surface area contributed by atoms with Crippen LogP contribution in [-0.4, -0.2) is 63.0 Å². The molecular formula is C8H18NO8P. The number of aliphatic hydroxyl groups excluding tert-OH is 2. The molecule has 18 heavy (non-hydrogen) atoms. The third-order valence-corrected chi connectivity index (χ3v) is 2.49. The molecule has 0 amide bonds. The van der Waals surface area contributed by atoms with Crippen molar-refractivity contribution in [2.45, 2.75) is 25.0 Å². The summed E-state index contributed by atoms with van der Waals surface area (Å²) < 4.78 is 13.8. The van der Waals surface area contributed by atoms with Gasteiger partial charge in [0.15, 0.2) is 0 Å². The Morgan fingerprint density at radius 1 is 1.50 bits per heavy atom. The van der Waals surface area contributed by atoms with Crippen LogP contribution in [0, 0.1) is 0 Å². The van der Waals surface area contributed by atoms with E-state index in [1.165, 1.54) is 0 Å². The first-order valence-electron chi connectivity index (χ1n) is 5.21. The van der Waals surface area contributed by atoms with E-state index in [1.807, 2.05) is 0 Å². The molecule has 0 aromatic carbocycles. The minimum absolute atomic E-state index is 0.269. The lowest BCUT2D eigenvalue weighted by atomic mass is 10.2. The molecule has 0 aromatic heterocycles. The number of aliphatic carboxylic acids is 1. The number of nitrogens with one attached hydrogen (secondary N) is 1. The zero-order valence-electron chi connectivity index (χ0n) is 9.60. The fourth-order valence-corrected chi connectivity index (χ4v) is 1.50. The monoisotopic (exact) mass is 287 g/mol.